The van der Waals surface area contributed by atoms with Crippen LogP contribution in [0.1, 0.15) is 23.1 Å². The van der Waals surface area contributed by atoms with Crippen LogP contribution in [0.5, 0.6) is 0 Å². The van der Waals surface area contributed by atoms with Crippen molar-refractivity contribution in [2.75, 3.05) is 0 Å². The minimum atomic E-state index is -4.79. The minimum Gasteiger partial charge on any atom is -0.205 e. The zero-order valence-electron chi connectivity index (χ0n) is 7.50. The number of aryl methyl sites for hydroxylation is 1. The summed E-state index contributed by atoms with van der Waals surface area (Å²) in [5, 5.41) is -0.129. The quantitative estimate of drug-likeness (QED) is 0.633. The molecule has 0 heterocycles. The number of benzene rings is 1. The van der Waals surface area contributed by atoms with E-state index in [1.54, 1.807) is 0 Å². The molecule has 0 N–H and O–H groups in total. The van der Waals surface area contributed by atoms with Crippen LogP contribution in [-0.2, 0) is 6.18 Å². The van der Waals surface area contributed by atoms with Crippen molar-refractivity contribution in [1.82, 2.24) is 0 Å². The molecule has 0 unspecified atom stereocenters. The van der Waals surface area contributed by atoms with Gasteiger partial charge in [-0.2, -0.15) is 13.2 Å². The normalized spacial score (nSPS) is 12.3. The fourth-order valence-corrected chi connectivity index (χ4v) is 1.61. The Bertz CT molecular complexity index is 370. The molecular formula is C9H6ClF5. The van der Waals surface area contributed by atoms with Gasteiger partial charge in [-0.15, -0.1) is 0 Å². The molecule has 0 saturated heterocycles. The van der Waals surface area contributed by atoms with Crippen molar-refractivity contribution in [3.05, 3.63) is 33.8 Å². The van der Waals surface area contributed by atoms with Crippen LogP contribution in [-0.4, -0.2) is 0 Å². The molecule has 1 aromatic rings. The van der Waals surface area contributed by atoms with E-state index in [1.807, 2.05) is 0 Å². The van der Waals surface area contributed by atoms with Gasteiger partial charge in [0.15, 0.2) is 0 Å². The summed E-state index contributed by atoms with van der Waals surface area (Å²) in [4.78, 5) is 0. The minimum absolute atomic E-state index is 0.129. The Morgan fingerprint density at radius 3 is 2.13 bits per heavy atom. The Morgan fingerprint density at radius 1 is 1.20 bits per heavy atom. The zero-order valence-corrected chi connectivity index (χ0v) is 8.26. The van der Waals surface area contributed by atoms with Gasteiger partial charge in [0.05, 0.1) is 5.56 Å². The lowest BCUT2D eigenvalue weighted by molar-refractivity contribution is -0.140. The van der Waals surface area contributed by atoms with E-state index < -0.39 is 23.7 Å². The van der Waals surface area contributed by atoms with Gasteiger partial charge in [0.1, 0.15) is 0 Å². The Kier molecular flexibility index (Phi) is 3.23. The van der Waals surface area contributed by atoms with E-state index in [0.29, 0.717) is 6.07 Å². The molecule has 0 atom stereocenters. The summed E-state index contributed by atoms with van der Waals surface area (Å²) in [6.07, 6.45) is -7.99. The lowest BCUT2D eigenvalue weighted by Gasteiger charge is -2.15. The van der Waals surface area contributed by atoms with Crippen LogP contribution in [0, 0.1) is 6.92 Å². The van der Waals surface area contributed by atoms with Crippen LogP contribution in [0.15, 0.2) is 12.1 Å². The van der Waals surface area contributed by atoms with Crippen LogP contribution in [0.2, 0.25) is 5.02 Å². The van der Waals surface area contributed by atoms with E-state index in [-0.39, 0.29) is 10.6 Å². The third-order valence-electron chi connectivity index (χ3n) is 1.85. The fourth-order valence-electron chi connectivity index (χ4n) is 1.33. The van der Waals surface area contributed by atoms with Gasteiger partial charge < -0.3 is 0 Å². The van der Waals surface area contributed by atoms with Gasteiger partial charge in [-0.25, -0.2) is 8.78 Å². The van der Waals surface area contributed by atoms with Crippen molar-refractivity contribution in [3.8, 4) is 0 Å². The van der Waals surface area contributed by atoms with Crippen molar-refractivity contribution in [2.45, 2.75) is 19.5 Å². The van der Waals surface area contributed by atoms with Crippen LogP contribution in [0.3, 0.4) is 0 Å². The van der Waals surface area contributed by atoms with E-state index in [4.69, 9.17) is 11.6 Å². The smallest absolute Gasteiger partial charge is 0.205 e. The van der Waals surface area contributed by atoms with E-state index in [0.717, 1.165) is 13.0 Å². The molecule has 0 nitrogen and oxygen atoms in total. The number of rotatable bonds is 1. The predicted octanol–water partition coefficient (Wildman–Crippen LogP) is 4.60. The summed E-state index contributed by atoms with van der Waals surface area (Å²) in [7, 11) is 0. The van der Waals surface area contributed by atoms with E-state index >= 15 is 0 Å². The average molecular weight is 245 g/mol. The molecule has 15 heavy (non-hydrogen) atoms. The van der Waals surface area contributed by atoms with Gasteiger partial charge in [-0.3, -0.25) is 0 Å². The lowest BCUT2D eigenvalue weighted by atomic mass is 10.0. The summed E-state index contributed by atoms with van der Waals surface area (Å²) in [6, 6.07) is 1.65. The Labute approximate surface area is 87.7 Å². The van der Waals surface area contributed by atoms with E-state index in [2.05, 4.69) is 0 Å². The molecule has 1 rings (SSSR count). The predicted molar refractivity (Wildman–Crippen MR) is 46.1 cm³/mol. The molecule has 0 bridgehead atoms. The van der Waals surface area contributed by atoms with Crippen molar-refractivity contribution in [1.29, 1.82) is 0 Å². The molecule has 6 heteroatoms. The molecule has 0 aliphatic heterocycles. The van der Waals surface area contributed by atoms with Crippen LogP contribution >= 0.6 is 11.6 Å². The molecule has 1 aromatic carbocycles. The second-order valence-electron chi connectivity index (χ2n) is 2.99. The molecule has 84 valence electrons. The largest absolute Gasteiger partial charge is 0.417 e. The highest BCUT2D eigenvalue weighted by atomic mass is 35.5. The van der Waals surface area contributed by atoms with Gasteiger partial charge in [0.25, 0.3) is 6.43 Å². The number of halogens is 6. The Balaban J connectivity index is 3.48. The van der Waals surface area contributed by atoms with E-state index in [9.17, 15) is 22.0 Å². The molecule has 0 fully saturated rings. The van der Waals surface area contributed by atoms with Gasteiger partial charge in [0, 0.05) is 10.6 Å². The Hall–Kier alpha value is -0.840. The van der Waals surface area contributed by atoms with Crippen molar-refractivity contribution in [3.63, 3.8) is 0 Å². The highest BCUT2D eigenvalue weighted by molar-refractivity contribution is 6.30. The highest BCUT2D eigenvalue weighted by Gasteiger charge is 2.37. The summed E-state index contributed by atoms with van der Waals surface area (Å²) < 4.78 is 62.0. The first-order valence-corrected chi connectivity index (χ1v) is 4.26. The summed E-state index contributed by atoms with van der Waals surface area (Å²) in [6.45, 7) is 1.10. The van der Waals surface area contributed by atoms with Crippen LogP contribution in [0.25, 0.3) is 0 Å². The summed E-state index contributed by atoms with van der Waals surface area (Å²) in [5.74, 6) is 0. The number of hydrogen-bond donors (Lipinski definition) is 0. The highest BCUT2D eigenvalue weighted by Crippen LogP contribution is 2.39. The molecule has 0 radical (unpaired) electrons. The Morgan fingerprint density at radius 2 is 1.73 bits per heavy atom. The van der Waals surface area contributed by atoms with Crippen molar-refractivity contribution in [2.24, 2.45) is 0 Å². The summed E-state index contributed by atoms with van der Waals surface area (Å²) >= 11 is 5.42. The SMILES string of the molecule is Cc1cc(Cl)cc(C(F)F)c1C(F)(F)F. The molecule has 0 aromatic heterocycles. The van der Waals surface area contributed by atoms with Gasteiger partial charge in [-0.1, -0.05) is 11.6 Å². The third-order valence-corrected chi connectivity index (χ3v) is 2.07. The first kappa shape index (κ1) is 12.2. The molecule has 0 amide bonds. The monoisotopic (exact) mass is 244 g/mol. The lowest BCUT2D eigenvalue weighted by Crippen LogP contribution is -2.12. The molecule has 0 spiro atoms. The van der Waals surface area contributed by atoms with E-state index in [1.165, 1.54) is 0 Å². The third kappa shape index (κ3) is 2.59. The maximum absolute atomic E-state index is 12.4. The molecule has 0 aliphatic rings. The van der Waals surface area contributed by atoms with Crippen molar-refractivity contribution >= 4 is 11.6 Å². The number of hydrogen-bond acceptors (Lipinski definition) is 0. The van der Waals surface area contributed by atoms with Crippen LogP contribution in [0.4, 0.5) is 22.0 Å². The maximum atomic E-state index is 12.4. The van der Waals surface area contributed by atoms with Crippen LogP contribution < -0.4 is 0 Å². The topological polar surface area (TPSA) is 0 Å². The fraction of sp³-hybridized carbons (Fsp3) is 0.333. The van der Waals surface area contributed by atoms with Crippen molar-refractivity contribution < 1.29 is 22.0 Å². The average Bonchev–Trinajstić information content (AvgIpc) is 1.99. The van der Waals surface area contributed by atoms with Gasteiger partial charge in [0.2, 0.25) is 0 Å². The maximum Gasteiger partial charge on any atom is 0.417 e. The summed E-state index contributed by atoms with van der Waals surface area (Å²) in [5.41, 5.74) is -2.68. The van der Waals surface area contributed by atoms with Gasteiger partial charge >= 0.3 is 6.18 Å². The second kappa shape index (κ2) is 3.96. The number of alkyl halides is 5. The standard InChI is InChI=1S/C9H6ClF5/c1-4-2-5(10)3-6(8(11)12)7(4)9(13,14)15/h2-3,8H,1H3. The molecular weight excluding hydrogens is 239 g/mol. The molecule has 0 aliphatic carbocycles. The first-order valence-electron chi connectivity index (χ1n) is 3.89. The van der Waals surface area contributed by atoms with Gasteiger partial charge in [-0.05, 0) is 24.6 Å². The first-order chi connectivity index (χ1) is 6.73. The second-order valence-corrected chi connectivity index (χ2v) is 3.42. The zero-order chi connectivity index (χ0) is 11.8. The molecule has 0 saturated carbocycles.